The van der Waals surface area contributed by atoms with Crippen molar-refractivity contribution >= 4 is 40.1 Å². The van der Waals surface area contributed by atoms with Crippen LogP contribution in [0.4, 0.5) is 27.8 Å². The van der Waals surface area contributed by atoms with Crippen LogP contribution in [0.1, 0.15) is 12.5 Å². The first kappa shape index (κ1) is 27.2. The molecule has 6 nitrogen and oxygen atoms in total. The van der Waals surface area contributed by atoms with Gasteiger partial charge in [-0.25, -0.2) is 13.6 Å². The molecule has 0 amide bonds. The lowest BCUT2D eigenvalue weighted by atomic mass is 9.95. The van der Waals surface area contributed by atoms with Gasteiger partial charge in [0.25, 0.3) is 0 Å². The topological polar surface area (TPSA) is 50.6 Å². The van der Waals surface area contributed by atoms with Crippen molar-refractivity contribution in [3.63, 3.8) is 0 Å². The van der Waals surface area contributed by atoms with Gasteiger partial charge in [0.15, 0.2) is 0 Å². The zero-order chi connectivity index (χ0) is 27.5. The average molecular weight is 575 g/mol. The van der Waals surface area contributed by atoms with Crippen molar-refractivity contribution in [2.45, 2.75) is 36.7 Å². The van der Waals surface area contributed by atoms with E-state index in [0.717, 1.165) is 23.9 Å². The van der Waals surface area contributed by atoms with Gasteiger partial charge >= 0.3 is 11.9 Å². The molecule has 2 aromatic carbocycles. The predicted molar refractivity (Wildman–Crippen MR) is 137 cm³/mol. The monoisotopic (exact) mass is 574 g/mol. The molecule has 0 saturated carbocycles. The van der Waals surface area contributed by atoms with Crippen molar-refractivity contribution < 1.29 is 26.7 Å². The van der Waals surface area contributed by atoms with E-state index in [4.69, 9.17) is 16.3 Å². The quantitative estimate of drug-likeness (QED) is 0.314. The molecule has 0 spiro atoms. The van der Waals surface area contributed by atoms with E-state index in [0.29, 0.717) is 25.7 Å². The van der Waals surface area contributed by atoms with Gasteiger partial charge in [-0.2, -0.15) is 18.2 Å². The minimum absolute atomic E-state index is 0.0403. The van der Waals surface area contributed by atoms with Crippen LogP contribution in [0, 0.1) is 11.6 Å². The normalized spacial score (nSPS) is 20.7. The molecule has 13 heteroatoms. The summed E-state index contributed by atoms with van der Waals surface area (Å²) in [4.78, 5) is 21.6. The Bertz CT molecular complexity index is 1480. The van der Waals surface area contributed by atoms with Crippen LogP contribution in [0.3, 0.4) is 0 Å². The molecule has 1 saturated heterocycles. The summed E-state index contributed by atoms with van der Waals surface area (Å²) in [5, 5.41) is -0.390. The summed E-state index contributed by atoms with van der Waals surface area (Å²) in [6.45, 7) is 3.68. The molecule has 2 unspecified atom stereocenters. The largest absolute Gasteiger partial charge is 0.417 e. The molecular formula is C25H24ClF5N4O2S. The molecule has 1 fully saturated rings. The number of hydrogen-bond acceptors (Lipinski definition) is 6. The minimum Gasteiger partial charge on any atom is -0.379 e. The number of hydrogen-bond donors (Lipinski definition) is 0. The summed E-state index contributed by atoms with van der Waals surface area (Å²) in [5.74, 6) is -1.95. The van der Waals surface area contributed by atoms with Crippen LogP contribution in [-0.4, -0.2) is 66.1 Å². The Hall–Kier alpha value is -2.41. The lowest BCUT2D eigenvalue weighted by molar-refractivity contribution is -0.137. The van der Waals surface area contributed by atoms with E-state index < -0.39 is 51.3 Å². The fraction of sp³-hybridized carbons (Fsp3) is 0.440. The number of rotatable bonds is 3. The number of nitrogens with zero attached hydrogens (tertiary/aromatic N) is 4. The summed E-state index contributed by atoms with van der Waals surface area (Å²) in [5.41, 5.74) is -2.57. The molecule has 204 valence electrons. The van der Waals surface area contributed by atoms with Gasteiger partial charge in [-0.15, -0.1) is 11.8 Å². The molecule has 5 rings (SSSR count). The van der Waals surface area contributed by atoms with Gasteiger partial charge in [0.2, 0.25) is 0 Å². The molecule has 2 aliphatic rings. The highest BCUT2D eigenvalue weighted by atomic mass is 35.5. The molecular weight excluding hydrogens is 551 g/mol. The summed E-state index contributed by atoms with van der Waals surface area (Å²) in [6.07, 6.45) is -5.43. The van der Waals surface area contributed by atoms with E-state index in [2.05, 4.69) is 9.88 Å². The van der Waals surface area contributed by atoms with E-state index >= 15 is 4.39 Å². The van der Waals surface area contributed by atoms with Gasteiger partial charge in [0.05, 0.1) is 28.8 Å². The Labute approximate surface area is 224 Å². The fourth-order valence-corrected chi connectivity index (χ4v) is 6.64. The highest BCUT2D eigenvalue weighted by Gasteiger charge is 2.39. The first-order valence-electron chi connectivity index (χ1n) is 11.8. The highest BCUT2D eigenvalue weighted by Crippen LogP contribution is 2.49. The summed E-state index contributed by atoms with van der Waals surface area (Å²) >= 11 is 6.92. The van der Waals surface area contributed by atoms with Crippen LogP contribution in [0.5, 0.6) is 0 Å². The van der Waals surface area contributed by atoms with Crippen molar-refractivity contribution in [2.75, 3.05) is 44.4 Å². The van der Waals surface area contributed by atoms with E-state index in [1.807, 2.05) is 18.9 Å². The van der Waals surface area contributed by atoms with Crippen LogP contribution in [0.25, 0.3) is 22.0 Å². The standard InChI is InChI=1S/C25H24ClF5N4O2S/c1-12-9-33(2)4-5-34(12)23-15-6-16(25(29,30)31)20(14-7-17(26)19(28)8-18(14)27)22-21(15)35(24(36)32-23)10-13(37-3)11-38-22/h6-8,12-13H,4-5,9-11H2,1-3H3. The first-order chi connectivity index (χ1) is 17.9. The van der Waals surface area contributed by atoms with Gasteiger partial charge in [-0.1, -0.05) is 11.6 Å². The number of methoxy groups -OCH3 is 1. The predicted octanol–water partition coefficient (Wildman–Crippen LogP) is 5.27. The number of ether oxygens (including phenoxy) is 1. The highest BCUT2D eigenvalue weighted by molar-refractivity contribution is 7.99. The SMILES string of the molecule is COC1CSc2c(-c3cc(Cl)c(F)cc3F)c(C(F)(F)F)cc3c(N4CCN(C)CC4C)nc(=O)n(c23)C1. The number of halogens is 6. The van der Waals surface area contributed by atoms with E-state index in [9.17, 15) is 22.4 Å². The Morgan fingerprint density at radius 3 is 2.53 bits per heavy atom. The van der Waals surface area contributed by atoms with E-state index in [-0.39, 0.29) is 40.0 Å². The third kappa shape index (κ3) is 4.65. The summed E-state index contributed by atoms with van der Waals surface area (Å²) < 4.78 is 79.8. The zero-order valence-electron chi connectivity index (χ0n) is 20.7. The van der Waals surface area contributed by atoms with Crippen LogP contribution in [0.15, 0.2) is 27.9 Å². The Balaban J connectivity index is 1.92. The lowest BCUT2D eigenvalue weighted by Gasteiger charge is -2.39. The van der Waals surface area contributed by atoms with Crippen molar-refractivity contribution in [3.8, 4) is 11.1 Å². The number of benzene rings is 2. The third-order valence-electron chi connectivity index (χ3n) is 7.02. The van der Waals surface area contributed by atoms with Crippen LogP contribution >= 0.6 is 23.4 Å². The molecule has 2 atom stereocenters. The maximum atomic E-state index is 15.1. The molecule has 2 aliphatic heterocycles. The van der Waals surface area contributed by atoms with Gasteiger partial charge in [-0.3, -0.25) is 4.57 Å². The number of aromatic nitrogens is 2. The average Bonchev–Trinajstić information content (AvgIpc) is 3.04. The van der Waals surface area contributed by atoms with Crippen LogP contribution in [0.2, 0.25) is 5.02 Å². The smallest absolute Gasteiger partial charge is 0.379 e. The molecule has 1 aromatic heterocycles. The number of thioether (sulfide) groups is 1. The minimum atomic E-state index is -4.91. The molecule has 3 heterocycles. The maximum absolute atomic E-state index is 15.1. The second kappa shape index (κ2) is 9.96. The third-order valence-corrected chi connectivity index (χ3v) is 8.53. The molecule has 0 N–H and O–H groups in total. The zero-order valence-corrected chi connectivity index (χ0v) is 22.3. The lowest BCUT2D eigenvalue weighted by Crippen LogP contribution is -2.51. The number of anilines is 1. The maximum Gasteiger partial charge on any atom is 0.417 e. The second-order valence-corrected chi connectivity index (χ2v) is 11.0. The van der Waals surface area contributed by atoms with Crippen molar-refractivity contribution in [1.82, 2.24) is 14.5 Å². The van der Waals surface area contributed by atoms with Gasteiger partial charge in [0, 0.05) is 66.0 Å². The summed E-state index contributed by atoms with van der Waals surface area (Å²) in [6, 6.07) is 2.10. The molecule has 38 heavy (non-hydrogen) atoms. The molecule has 0 aliphatic carbocycles. The number of likely N-dealkylation sites (N-methyl/N-ethyl adjacent to an activating group) is 1. The van der Waals surface area contributed by atoms with Gasteiger partial charge < -0.3 is 14.5 Å². The molecule has 3 aromatic rings. The second-order valence-electron chi connectivity index (χ2n) is 9.57. The fourth-order valence-electron chi connectivity index (χ4n) is 5.16. The Morgan fingerprint density at radius 2 is 1.87 bits per heavy atom. The number of alkyl halides is 3. The Kier molecular flexibility index (Phi) is 7.12. The van der Waals surface area contributed by atoms with Crippen molar-refractivity contribution in [3.05, 3.63) is 50.9 Å². The van der Waals surface area contributed by atoms with Gasteiger partial charge in [-0.05, 0) is 26.1 Å². The Morgan fingerprint density at radius 1 is 1.13 bits per heavy atom. The van der Waals surface area contributed by atoms with Crippen LogP contribution < -0.4 is 10.6 Å². The van der Waals surface area contributed by atoms with Crippen molar-refractivity contribution in [2.24, 2.45) is 0 Å². The van der Waals surface area contributed by atoms with Crippen LogP contribution in [-0.2, 0) is 17.5 Å². The van der Waals surface area contributed by atoms with E-state index in [1.54, 1.807) is 0 Å². The molecule has 0 radical (unpaired) electrons. The first-order valence-corrected chi connectivity index (χ1v) is 13.2. The number of piperazine rings is 1. The molecule has 0 bridgehead atoms. The van der Waals surface area contributed by atoms with E-state index in [1.165, 1.54) is 11.7 Å². The summed E-state index contributed by atoms with van der Waals surface area (Å²) in [7, 11) is 3.38. The van der Waals surface area contributed by atoms with Gasteiger partial charge in [0.1, 0.15) is 17.5 Å². The van der Waals surface area contributed by atoms with Crippen molar-refractivity contribution in [1.29, 1.82) is 0 Å².